The van der Waals surface area contributed by atoms with Gasteiger partial charge >= 0.3 is 5.97 Å². The van der Waals surface area contributed by atoms with E-state index >= 15 is 0 Å². The molecule has 0 amide bonds. The number of carbonyl (C=O) groups excluding carboxylic acids is 1. The van der Waals surface area contributed by atoms with Crippen molar-refractivity contribution in [3.05, 3.63) is 101 Å². The third-order valence-corrected chi connectivity index (χ3v) is 5.66. The van der Waals surface area contributed by atoms with Crippen LogP contribution in [-0.2, 0) is 9.53 Å². The Morgan fingerprint density at radius 3 is 2.42 bits per heavy atom. The second-order valence-electron chi connectivity index (χ2n) is 8.18. The van der Waals surface area contributed by atoms with Crippen LogP contribution in [0.5, 0.6) is 0 Å². The van der Waals surface area contributed by atoms with Crippen LogP contribution in [0.25, 0.3) is 28.3 Å². The van der Waals surface area contributed by atoms with Crippen LogP contribution in [0.2, 0.25) is 0 Å². The molecule has 0 radical (unpaired) electrons. The van der Waals surface area contributed by atoms with Gasteiger partial charge in [-0.2, -0.15) is 0 Å². The summed E-state index contributed by atoms with van der Waals surface area (Å²) in [5, 5.41) is 0. The van der Waals surface area contributed by atoms with Crippen molar-refractivity contribution in [2.24, 2.45) is 5.41 Å². The lowest BCUT2D eigenvalue weighted by Crippen LogP contribution is -2.27. The summed E-state index contributed by atoms with van der Waals surface area (Å²) in [5.74, 6) is -0.638. The zero-order valence-electron chi connectivity index (χ0n) is 18.0. The van der Waals surface area contributed by atoms with Gasteiger partial charge in [-0.1, -0.05) is 54.6 Å². The largest absolute Gasteiger partial charge is 0.465 e. The van der Waals surface area contributed by atoms with E-state index in [1.807, 2.05) is 50.3 Å². The molecular weight excluding hydrogens is 387 g/mol. The van der Waals surface area contributed by atoms with E-state index in [1.165, 1.54) is 12.1 Å². The van der Waals surface area contributed by atoms with Gasteiger partial charge in [0.1, 0.15) is 5.82 Å². The highest BCUT2D eigenvalue weighted by molar-refractivity contribution is 6.07. The lowest BCUT2D eigenvalue weighted by molar-refractivity contribution is -0.150. The summed E-state index contributed by atoms with van der Waals surface area (Å²) >= 11 is 0. The number of esters is 1. The number of hydrogen-bond acceptors (Lipinski definition) is 2. The van der Waals surface area contributed by atoms with Gasteiger partial charge in [-0.15, -0.1) is 0 Å². The molecule has 0 saturated heterocycles. The number of halogens is 1. The van der Waals surface area contributed by atoms with Crippen LogP contribution in [0.3, 0.4) is 0 Å². The first-order chi connectivity index (χ1) is 14.9. The molecule has 0 fully saturated rings. The van der Waals surface area contributed by atoms with Gasteiger partial charge < -0.3 is 4.74 Å². The predicted molar refractivity (Wildman–Crippen MR) is 125 cm³/mol. The highest BCUT2D eigenvalue weighted by Crippen LogP contribution is 2.46. The van der Waals surface area contributed by atoms with Crippen molar-refractivity contribution in [2.45, 2.75) is 20.8 Å². The van der Waals surface area contributed by atoms with E-state index in [2.05, 4.69) is 30.3 Å². The topological polar surface area (TPSA) is 26.3 Å². The SMILES string of the molecule is CCOC(=O)C(C)(C)C1=C/C(=C\c2cccc(-c3ccccc3)c2)c2ccc(F)cc21. The number of hydrogen-bond donors (Lipinski definition) is 0. The number of fused-ring (bicyclic) bond motifs is 1. The molecule has 0 unspecified atom stereocenters. The summed E-state index contributed by atoms with van der Waals surface area (Å²) in [7, 11) is 0. The number of rotatable bonds is 5. The predicted octanol–water partition coefficient (Wildman–Crippen LogP) is 7.02. The highest BCUT2D eigenvalue weighted by atomic mass is 19.1. The normalized spacial score (nSPS) is 14.3. The summed E-state index contributed by atoms with van der Waals surface area (Å²) in [6, 6.07) is 23.2. The molecule has 0 spiro atoms. The van der Waals surface area contributed by atoms with Gasteiger partial charge in [0.05, 0.1) is 12.0 Å². The van der Waals surface area contributed by atoms with Crippen molar-refractivity contribution in [3.63, 3.8) is 0 Å². The average molecular weight is 413 g/mol. The standard InChI is InChI=1S/C28H25FO2/c1-4-31-27(30)28(2,3)26-17-22(24-14-13-23(29)18-25(24)26)16-19-9-8-12-21(15-19)20-10-6-5-7-11-20/h5-18H,4H2,1-3H3/b22-16+. The minimum Gasteiger partial charge on any atom is -0.465 e. The fourth-order valence-electron chi connectivity index (χ4n) is 3.98. The van der Waals surface area contributed by atoms with E-state index in [-0.39, 0.29) is 11.8 Å². The molecule has 1 aliphatic rings. The third kappa shape index (κ3) is 4.09. The van der Waals surface area contributed by atoms with E-state index in [0.29, 0.717) is 6.61 Å². The molecule has 0 bridgehead atoms. The zero-order valence-corrected chi connectivity index (χ0v) is 18.0. The molecule has 156 valence electrons. The van der Waals surface area contributed by atoms with E-state index in [0.717, 1.165) is 39.0 Å². The van der Waals surface area contributed by atoms with Crippen LogP contribution >= 0.6 is 0 Å². The van der Waals surface area contributed by atoms with E-state index in [1.54, 1.807) is 13.0 Å². The molecule has 4 rings (SSSR count). The number of carbonyl (C=O) groups is 1. The fraction of sp³-hybridized carbons (Fsp3) is 0.179. The average Bonchev–Trinajstić information content (AvgIpc) is 3.13. The molecule has 0 aliphatic heterocycles. The van der Waals surface area contributed by atoms with Gasteiger partial charge in [0.15, 0.2) is 0 Å². The van der Waals surface area contributed by atoms with Crippen LogP contribution in [0, 0.1) is 11.2 Å². The first-order valence-corrected chi connectivity index (χ1v) is 10.5. The molecule has 3 aromatic rings. The van der Waals surface area contributed by atoms with Crippen LogP contribution in [0.15, 0.2) is 78.9 Å². The Labute approximate surface area is 182 Å². The maximum atomic E-state index is 14.1. The second kappa shape index (κ2) is 8.35. The van der Waals surface area contributed by atoms with Crippen molar-refractivity contribution < 1.29 is 13.9 Å². The quantitative estimate of drug-likeness (QED) is 0.421. The second-order valence-corrected chi connectivity index (χ2v) is 8.18. The van der Waals surface area contributed by atoms with Gasteiger partial charge in [-0.3, -0.25) is 4.79 Å². The number of allylic oxidation sites excluding steroid dienone is 2. The summed E-state index contributed by atoms with van der Waals surface area (Å²) in [4.78, 5) is 12.6. The van der Waals surface area contributed by atoms with Crippen LogP contribution < -0.4 is 0 Å². The Balaban J connectivity index is 1.80. The lowest BCUT2D eigenvalue weighted by atomic mass is 9.81. The molecule has 1 aliphatic carbocycles. The molecular formula is C28H25FO2. The van der Waals surface area contributed by atoms with Gasteiger partial charge in [-0.05, 0) is 90.1 Å². The smallest absolute Gasteiger partial charge is 0.315 e. The maximum absolute atomic E-state index is 14.1. The molecule has 2 nitrogen and oxygen atoms in total. The first kappa shape index (κ1) is 20.8. The minimum atomic E-state index is -0.889. The minimum absolute atomic E-state index is 0.306. The van der Waals surface area contributed by atoms with Crippen molar-refractivity contribution in [3.8, 4) is 11.1 Å². The Kier molecular flexibility index (Phi) is 5.60. The molecule has 0 saturated carbocycles. The Morgan fingerprint density at radius 2 is 1.68 bits per heavy atom. The van der Waals surface area contributed by atoms with Crippen molar-refractivity contribution in [1.29, 1.82) is 0 Å². The van der Waals surface area contributed by atoms with Gasteiger partial charge in [0.2, 0.25) is 0 Å². The molecule has 0 heterocycles. The maximum Gasteiger partial charge on any atom is 0.315 e. The van der Waals surface area contributed by atoms with E-state index in [4.69, 9.17) is 4.74 Å². The summed E-state index contributed by atoms with van der Waals surface area (Å²) < 4.78 is 19.4. The van der Waals surface area contributed by atoms with Gasteiger partial charge in [0, 0.05) is 0 Å². The van der Waals surface area contributed by atoms with Crippen LogP contribution in [0.4, 0.5) is 4.39 Å². The molecule has 0 aromatic heterocycles. The molecule has 31 heavy (non-hydrogen) atoms. The van der Waals surface area contributed by atoms with Crippen LogP contribution in [0.1, 0.15) is 37.5 Å². The third-order valence-electron chi connectivity index (χ3n) is 5.66. The fourth-order valence-corrected chi connectivity index (χ4v) is 3.98. The van der Waals surface area contributed by atoms with Crippen LogP contribution in [-0.4, -0.2) is 12.6 Å². The summed E-state index contributed by atoms with van der Waals surface area (Å²) in [5.41, 5.74) is 5.80. The molecule has 3 aromatic carbocycles. The summed E-state index contributed by atoms with van der Waals surface area (Å²) in [6.07, 6.45) is 4.06. The zero-order chi connectivity index (χ0) is 22.0. The van der Waals surface area contributed by atoms with E-state index in [9.17, 15) is 9.18 Å². The monoisotopic (exact) mass is 412 g/mol. The lowest BCUT2D eigenvalue weighted by Gasteiger charge is -2.24. The Hall–Kier alpha value is -3.46. The number of benzene rings is 3. The Morgan fingerprint density at radius 1 is 0.935 bits per heavy atom. The molecule has 0 atom stereocenters. The summed E-state index contributed by atoms with van der Waals surface area (Å²) in [6.45, 7) is 5.74. The molecule has 0 N–H and O–H groups in total. The first-order valence-electron chi connectivity index (χ1n) is 10.5. The van der Waals surface area contributed by atoms with Crippen molar-refractivity contribution in [2.75, 3.05) is 6.61 Å². The Bertz CT molecular complexity index is 1190. The highest BCUT2D eigenvalue weighted by Gasteiger charge is 2.38. The van der Waals surface area contributed by atoms with E-state index < -0.39 is 5.41 Å². The van der Waals surface area contributed by atoms with Crippen molar-refractivity contribution >= 4 is 23.2 Å². The van der Waals surface area contributed by atoms with Gasteiger partial charge in [0.25, 0.3) is 0 Å². The number of ether oxygens (including phenoxy) is 1. The van der Waals surface area contributed by atoms with Gasteiger partial charge in [-0.25, -0.2) is 4.39 Å². The van der Waals surface area contributed by atoms with Crippen molar-refractivity contribution in [1.82, 2.24) is 0 Å². The molecule has 3 heteroatoms.